The van der Waals surface area contributed by atoms with Crippen LogP contribution in [-0.2, 0) is 9.59 Å². The Balaban J connectivity index is 1.76. The molecule has 2 aliphatic rings. The van der Waals surface area contributed by atoms with Crippen molar-refractivity contribution in [2.45, 2.75) is 0 Å². The molecule has 29 heavy (non-hydrogen) atoms. The summed E-state index contributed by atoms with van der Waals surface area (Å²) in [5.41, 5.74) is -0.113. The van der Waals surface area contributed by atoms with Crippen molar-refractivity contribution in [1.82, 2.24) is 5.32 Å². The Hall–Kier alpha value is -3.72. The number of benzene rings is 2. The van der Waals surface area contributed by atoms with E-state index in [9.17, 15) is 19.5 Å². The maximum absolute atomic E-state index is 13.0. The van der Waals surface area contributed by atoms with E-state index in [-0.39, 0.29) is 40.1 Å². The van der Waals surface area contributed by atoms with Gasteiger partial charge in [0.25, 0.3) is 11.8 Å². The van der Waals surface area contributed by atoms with E-state index in [1.165, 1.54) is 31.4 Å². The molecule has 0 bridgehead atoms. The third kappa shape index (κ3) is 3.21. The number of barbiturate groups is 1. The summed E-state index contributed by atoms with van der Waals surface area (Å²) in [6.45, 7) is 0.0262. The van der Waals surface area contributed by atoms with E-state index in [0.717, 1.165) is 11.0 Å². The summed E-state index contributed by atoms with van der Waals surface area (Å²) in [4.78, 5) is 38.4. The second-order valence-corrected chi connectivity index (χ2v) is 6.48. The predicted octanol–water partition coefficient (Wildman–Crippen LogP) is 2.45. The zero-order valence-corrected chi connectivity index (χ0v) is 15.6. The zero-order chi connectivity index (χ0) is 20.7. The van der Waals surface area contributed by atoms with Crippen LogP contribution in [0.3, 0.4) is 0 Å². The van der Waals surface area contributed by atoms with Crippen LogP contribution in [0.1, 0.15) is 5.56 Å². The molecule has 0 spiro atoms. The summed E-state index contributed by atoms with van der Waals surface area (Å²) in [7, 11) is 1.33. The van der Waals surface area contributed by atoms with E-state index in [0.29, 0.717) is 11.5 Å². The number of imide groups is 2. The van der Waals surface area contributed by atoms with Gasteiger partial charge in [0.05, 0.1) is 12.8 Å². The van der Waals surface area contributed by atoms with E-state index < -0.39 is 17.8 Å². The molecular formula is C19H13ClN2O7. The van der Waals surface area contributed by atoms with Gasteiger partial charge in [-0.3, -0.25) is 14.9 Å². The average Bonchev–Trinajstić information content (AvgIpc) is 3.15. The van der Waals surface area contributed by atoms with Crippen LogP contribution in [0.15, 0.2) is 35.9 Å². The number of urea groups is 1. The molecular weight excluding hydrogens is 404 g/mol. The number of nitrogens with zero attached hydrogens (tertiary/aromatic N) is 1. The Morgan fingerprint density at radius 1 is 1.17 bits per heavy atom. The van der Waals surface area contributed by atoms with Gasteiger partial charge in [-0.25, -0.2) is 9.69 Å². The van der Waals surface area contributed by atoms with Gasteiger partial charge in [0.2, 0.25) is 6.79 Å². The first kappa shape index (κ1) is 18.6. The normalized spacial score (nSPS) is 17.0. The van der Waals surface area contributed by atoms with Crippen molar-refractivity contribution in [2.24, 2.45) is 0 Å². The van der Waals surface area contributed by atoms with Crippen LogP contribution < -0.4 is 24.4 Å². The van der Waals surface area contributed by atoms with E-state index >= 15 is 0 Å². The lowest BCUT2D eigenvalue weighted by molar-refractivity contribution is -0.122. The molecule has 0 atom stereocenters. The Labute approximate surface area is 169 Å². The lowest BCUT2D eigenvalue weighted by Gasteiger charge is -2.26. The molecule has 2 N–H and O–H groups in total. The highest BCUT2D eigenvalue weighted by molar-refractivity contribution is 6.39. The number of halogens is 1. The number of aromatic hydroxyl groups is 1. The number of hydrogen-bond acceptors (Lipinski definition) is 7. The SMILES string of the molecule is COc1cc(Cl)cc(/C=C2\C(=O)NC(=O)N(c3ccc4c(c3)OCO4)C2=O)c1O. The maximum atomic E-state index is 13.0. The second-order valence-electron chi connectivity index (χ2n) is 6.04. The van der Waals surface area contributed by atoms with Crippen molar-refractivity contribution < 1.29 is 33.7 Å². The van der Waals surface area contributed by atoms with Crippen molar-refractivity contribution >= 4 is 41.2 Å². The lowest BCUT2D eigenvalue weighted by atomic mass is 10.1. The number of methoxy groups -OCH3 is 1. The molecule has 2 aliphatic heterocycles. The number of amides is 4. The molecule has 2 aromatic carbocycles. The minimum absolute atomic E-state index is 0.0262. The number of nitrogens with one attached hydrogen (secondary N) is 1. The van der Waals surface area contributed by atoms with E-state index in [1.54, 1.807) is 6.07 Å². The molecule has 0 saturated carbocycles. The fourth-order valence-corrected chi connectivity index (χ4v) is 3.15. The molecule has 148 valence electrons. The quantitative estimate of drug-likeness (QED) is 0.583. The minimum atomic E-state index is -0.913. The third-order valence-corrected chi connectivity index (χ3v) is 4.52. The number of carbonyl (C=O) groups excluding carboxylic acids is 3. The molecule has 4 amide bonds. The van der Waals surface area contributed by atoms with Crippen LogP contribution in [0.5, 0.6) is 23.0 Å². The fourth-order valence-electron chi connectivity index (χ4n) is 2.93. The molecule has 0 aromatic heterocycles. The third-order valence-electron chi connectivity index (χ3n) is 4.30. The van der Waals surface area contributed by atoms with Crippen molar-refractivity contribution in [3.63, 3.8) is 0 Å². The minimum Gasteiger partial charge on any atom is -0.504 e. The molecule has 0 unspecified atom stereocenters. The standard InChI is InChI=1S/C19H13ClN2O7/c1-27-15-6-10(20)4-9(16(15)23)5-12-17(24)21-19(26)22(18(12)25)11-2-3-13-14(7-11)29-8-28-13/h2-7,23H,8H2,1H3,(H,21,24,26)/b12-5+. The topological polar surface area (TPSA) is 114 Å². The zero-order valence-electron chi connectivity index (χ0n) is 14.9. The number of rotatable bonds is 3. The summed E-state index contributed by atoms with van der Waals surface area (Å²) >= 11 is 6.00. The van der Waals surface area contributed by atoms with Gasteiger partial charge >= 0.3 is 6.03 Å². The highest BCUT2D eigenvalue weighted by Crippen LogP contribution is 2.37. The number of anilines is 1. The average molecular weight is 417 g/mol. The van der Waals surface area contributed by atoms with Gasteiger partial charge in [-0.2, -0.15) is 0 Å². The summed E-state index contributed by atoms with van der Waals surface area (Å²) in [5.74, 6) is -1.19. The molecule has 2 aromatic rings. The van der Waals surface area contributed by atoms with Gasteiger partial charge in [-0.05, 0) is 24.3 Å². The number of phenolic OH excluding ortho intramolecular Hbond substituents is 1. The lowest BCUT2D eigenvalue weighted by Crippen LogP contribution is -2.54. The highest BCUT2D eigenvalue weighted by Gasteiger charge is 2.37. The highest BCUT2D eigenvalue weighted by atomic mass is 35.5. The number of carbonyl (C=O) groups is 3. The number of phenols is 1. The molecule has 4 rings (SSSR count). The summed E-state index contributed by atoms with van der Waals surface area (Å²) in [6, 6.07) is 6.30. The summed E-state index contributed by atoms with van der Waals surface area (Å²) in [5, 5.41) is 12.6. The smallest absolute Gasteiger partial charge is 0.335 e. The Morgan fingerprint density at radius 2 is 1.93 bits per heavy atom. The first-order chi connectivity index (χ1) is 13.9. The Bertz CT molecular complexity index is 1100. The maximum Gasteiger partial charge on any atom is 0.335 e. The Kier molecular flexibility index (Phi) is 4.51. The van der Waals surface area contributed by atoms with E-state index in [1.807, 2.05) is 0 Å². The van der Waals surface area contributed by atoms with Crippen LogP contribution in [0, 0.1) is 0 Å². The molecule has 1 saturated heterocycles. The monoisotopic (exact) mass is 416 g/mol. The van der Waals surface area contributed by atoms with Crippen LogP contribution in [-0.4, -0.2) is 36.9 Å². The molecule has 10 heteroatoms. The van der Waals surface area contributed by atoms with Crippen LogP contribution >= 0.6 is 11.6 Å². The van der Waals surface area contributed by atoms with Gasteiger partial charge in [-0.1, -0.05) is 11.6 Å². The van der Waals surface area contributed by atoms with Crippen molar-refractivity contribution in [3.05, 3.63) is 46.5 Å². The predicted molar refractivity (Wildman–Crippen MR) is 101 cm³/mol. The van der Waals surface area contributed by atoms with Gasteiger partial charge in [0.1, 0.15) is 5.57 Å². The van der Waals surface area contributed by atoms with Gasteiger partial charge in [0, 0.05) is 22.7 Å². The van der Waals surface area contributed by atoms with Gasteiger partial charge in [-0.15, -0.1) is 0 Å². The number of hydrogen-bond donors (Lipinski definition) is 2. The summed E-state index contributed by atoms with van der Waals surface area (Å²) < 4.78 is 15.5. The van der Waals surface area contributed by atoms with Crippen molar-refractivity contribution in [3.8, 4) is 23.0 Å². The van der Waals surface area contributed by atoms with Crippen LogP contribution in [0.4, 0.5) is 10.5 Å². The van der Waals surface area contributed by atoms with Crippen LogP contribution in [0.25, 0.3) is 6.08 Å². The Morgan fingerprint density at radius 3 is 2.69 bits per heavy atom. The molecule has 9 nitrogen and oxygen atoms in total. The first-order valence-electron chi connectivity index (χ1n) is 8.26. The second kappa shape index (κ2) is 7.02. The molecule has 0 aliphatic carbocycles. The summed E-state index contributed by atoms with van der Waals surface area (Å²) in [6.07, 6.45) is 1.13. The number of fused-ring (bicyclic) bond motifs is 1. The molecule has 0 radical (unpaired) electrons. The van der Waals surface area contributed by atoms with Crippen LogP contribution in [0.2, 0.25) is 5.02 Å². The largest absolute Gasteiger partial charge is 0.504 e. The van der Waals surface area contributed by atoms with E-state index in [4.69, 9.17) is 25.8 Å². The van der Waals surface area contributed by atoms with Gasteiger partial charge < -0.3 is 19.3 Å². The molecule has 1 fully saturated rings. The van der Waals surface area contributed by atoms with Crippen molar-refractivity contribution in [1.29, 1.82) is 0 Å². The fraction of sp³-hybridized carbons (Fsp3) is 0.105. The van der Waals surface area contributed by atoms with Crippen molar-refractivity contribution in [2.75, 3.05) is 18.8 Å². The van der Waals surface area contributed by atoms with Gasteiger partial charge in [0.15, 0.2) is 23.0 Å². The first-order valence-corrected chi connectivity index (χ1v) is 8.64. The molecule has 2 heterocycles. The number of ether oxygens (including phenoxy) is 3. The van der Waals surface area contributed by atoms with E-state index in [2.05, 4.69) is 5.32 Å².